The number of piperazine rings is 1. The molecule has 0 aliphatic carbocycles. The van der Waals surface area contributed by atoms with Crippen LogP contribution in [-0.2, 0) is 26.1 Å². The minimum atomic E-state index is -3.69. The van der Waals surface area contributed by atoms with Gasteiger partial charge in [-0.2, -0.15) is 5.10 Å². The van der Waals surface area contributed by atoms with Gasteiger partial charge in [-0.3, -0.25) is 20.0 Å². The van der Waals surface area contributed by atoms with E-state index in [4.69, 9.17) is 15.1 Å². The third kappa shape index (κ3) is 7.60. The van der Waals surface area contributed by atoms with Crippen molar-refractivity contribution < 1.29 is 23.2 Å². The maximum atomic E-state index is 11.4. The zero-order valence-corrected chi connectivity index (χ0v) is 21.2. The molecule has 0 spiro atoms. The summed E-state index contributed by atoms with van der Waals surface area (Å²) in [4.78, 5) is 19.2. The highest BCUT2D eigenvalue weighted by Gasteiger charge is 2.29. The molecule has 2 heterocycles. The molecule has 6 N–H and O–H groups in total. The van der Waals surface area contributed by atoms with Gasteiger partial charge in [-0.05, 0) is 29.7 Å². The van der Waals surface area contributed by atoms with E-state index in [1.165, 1.54) is 12.1 Å². The number of nitrogens with zero attached hydrogens (tertiary/aromatic N) is 2. The second-order valence-electron chi connectivity index (χ2n) is 9.03. The Bertz CT molecular complexity index is 1250. The molecule has 37 heavy (non-hydrogen) atoms. The Labute approximate surface area is 216 Å². The van der Waals surface area contributed by atoms with Crippen LogP contribution in [0.4, 0.5) is 0 Å². The van der Waals surface area contributed by atoms with Crippen molar-refractivity contribution in [1.82, 2.24) is 21.1 Å². The molecule has 2 aromatic rings. The van der Waals surface area contributed by atoms with Gasteiger partial charge in [0, 0.05) is 56.1 Å². The zero-order valence-electron chi connectivity index (χ0n) is 20.3. The molecule has 198 valence electrons. The summed E-state index contributed by atoms with van der Waals surface area (Å²) in [6.45, 7) is 3.43. The van der Waals surface area contributed by atoms with Crippen LogP contribution in [0.2, 0.25) is 0 Å². The summed E-state index contributed by atoms with van der Waals surface area (Å²) in [7, 11) is -3.69. The molecule has 0 radical (unpaired) electrons. The fraction of sp³-hybridized carbons (Fsp3) is 0.360. The van der Waals surface area contributed by atoms with Gasteiger partial charge in [0.1, 0.15) is 6.10 Å². The molecular formula is C25H32N6O5S. The quantitative estimate of drug-likeness (QED) is 0.159. The lowest BCUT2D eigenvalue weighted by molar-refractivity contribution is -0.137. The van der Waals surface area contributed by atoms with Crippen molar-refractivity contribution in [3.05, 3.63) is 71.4 Å². The lowest BCUT2D eigenvalue weighted by Gasteiger charge is -2.34. The second-order valence-corrected chi connectivity index (χ2v) is 10.6. The number of hydrogen-bond donors (Lipinski definition) is 5. The Balaban J connectivity index is 1.33. The number of nitrogens with one attached hydrogen (secondary N) is 3. The largest absolute Gasteiger partial charge is 0.481 e. The lowest BCUT2D eigenvalue weighted by Crippen LogP contribution is -2.53. The van der Waals surface area contributed by atoms with E-state index in [0.717, 1.165) is 35.4 Å². The van der Waals surface area contributed by atoms with Gasteiger partial charge in [-0.15, -0.1) is 0 Å². The number of benzene rings is 2. The first-order valence-corrected chi connectivity index (χ1v) is 13.6. The number of carbonyl (C=O) groups is 1. The smallest absolute Gasteiger partial charge is 0.304 e. The third-order valence-electron chi connectivity index (χ3n) is 6.30. The standard InChI is InChI=1S/C25H32N6O5S/c26-37(34,35)21-7-5-18(6-8-21)9-10-28-29-14-19-3-1-2-4-22(19)23-15-30-36-24(23)17-31-12-11-27-20(16-31)13-25(32)33/h1-8,14-15,20,24,27-28,30H,9-13,16-17H2,(H,32,33)(H2,26,34,35). The molecule has 2 atom stereocenters. The average Bonchev–Trinajstić information content (AvgIpc) is 3.31. The number of hydroxylamine groups is 1. The van der Waals surface area contributed by atoms with Crippen molar-refractivity contribution in [3.8, 4) is 0 Å². The van der Waals surface area contributed by atoms with Crippen molar-refractivity contribution in [1.29, 1.82) is 0 Å². The number of hydrazone groups is 1. The van der Waals surface area contributed by atoms with E-state index in [-0.39, 0.29) is 23.5 Å². The van der Waals surface area contributed by atoms with E-state index in [1.807, 2.05) is 30.5 Å². The maximum Gasteiger partial charge on any atom is 0.304 e. The van der Waals surface area contributed by atoms with Crippen LogP contribution < -0.4 is 21.4 Å². The van der Waals surface area contributed by atoms with Crippen LogP contribution in [0, 0.1) is 0 Å². The minimum Gasteiger partial charge on any atom is -0.481 e. The Morgan fingerprint density at radius 1 is 1.24 bits per heavy atom. The number of carboxylic acid groups (broad SMARTS) is 1. The summed E-state index contributed by atoms with van der Waals surface area (Å²) in [6, 6.07) is 14.3. The first-order chi connectivity index (χ1) is 17.8. The molecule has 11 nitrogen and oxygen atoms in total. The number of carboxylic acids is 1. The SMILES string of the molecule is NS(=O)(=O)c1ccc(CCNN=Cc2ccccc2C2=CNOC2CN2CCNC(CC(=O)O)C2)cc1. The van der Waals surface area contributed by atoms with E-state index in [2.05, 4.69) is 26.2 Å². The maximum absolute atomic E-state index is 11.4. The first kappa shape index (κ1) is 26.8. The van der Waals surface area contributed by atoms with Gasteiger partial charge in [-0.1, -0.05) is 36.4 Å². The average molecular weight is 529 g/mol. The Kier molecular flexibility index (Phi) is 8.90. The van der Waals surface area contributed by atoms with Gasteiger partial charge in [0.2, 0.25) is 10.0 Å². The van der Waals surface area contributed by atoms with Crippen LogP contribution in [0.1, 0.15) is 23.1 Å². The summed E-state index contributed by atoms with van der Waals surface area (Å²) in [6.07, 6.45) is 4.18. The van der Waals surface area contributed by atoms with E-state index >= 15 is 0 Å². The monoisotopic (exact) mass is 528 g/mol. The number of aliphatic carboxylic acids is 1. The van der Waals surface area contributed by atoms with Crippen molar-refractivity contribution in [2.24, 2.45) is 10.2 Å². The number of sulfonamides is 1. The van der Waals surface area contributed by atoms with E-state index < -0.39 is 16.0 Å². The van der Waals surface area contributed by atoms with E-state index in [1.54, 1.807) is 18.3 Å². The topological polar surface area (TPSA) is 158 Å². The normalized spacial score (nSPS) is 20.5. The Morgan fingerprint density at radius 2 is 2.03 bits per heavy atom. The molecule has 0 amide bonds. The third-order valence-corrected chi connectivity index (χ3v) is 7.23. The van der Waals surface area contributed by atoms with Gasteiger partial charge in [-0.25, -0.2) is 13.6 Å². The number of primary sulfonamides is 1. The first-order valence-electron chi connectivity index (χ1n) is 12.1. The number of nitrogens with two attached hydrogens (primary N) is 1. The summed E-state index contributed by atoms with van der Waals surface area (Å²) < 4.78 is 22.8. The fourth-order valence-corrected chi connectivity index (χ4v) is 4.98. The van der Waals surface area contributed by atoms with Gasteiger partial charge in [0.05, 0.1) is 17.5 Å². The molecule has 2 aliphatic rings. The van der Waals surface area contributed by atoms with Crippen molar-refractivity contribution in [3.63, 3.8) is 0 Å². The molecule has 0 saturated carbocycles. The molecule has 2 aromatic carbocycles. The highest BCUT2D eigenvalue weighted by Crippen LogP contribution is 2.27. The highest BCUT2D eigenvalue weighted by molar-refractivity contribution is 7.89. The van der Waals surface area contributed by atoms with Gasteiger partial charge in [0.15, 0.2) is 0 Å². The van der Waals surface area contributed by atoms with E-state index in [9.17, 15) is 13.2 Å². The molecule has 1 saturated heterocycles. The molecule has 2 aliphatic heterocycles. The van der Waals surface area contributed by atoms with Crippen LogP contribution in [-0.4, -0.2) is 75.5 Å². The van der Waals surface area contributed by atoms with Crippen molar-refractivity contribution >= 4 is 27.8 Å². The fourth-order valence-electron chi connectivity index (χ4n) is 4.46. The zero-order chi connectivity index (χ0) is 26.3. The number of hydrogen-bond acceptors (Lipinski definition) is 9. The summed E-state index contributed by atoms with van der Waals surface area (Å²) >= 11 is 0. The number of rotatable bonds is 11. The van der Waals surface area contributed by atoms with Crippen LogP contribution in [0.15, 0.2) is 64.7 Å². The van der Waals surface area contributed by atoms with Crippen molar-refractivity contribution in [2.45, 2.75) is 29.9 Å². The minimum absolute atomic E-state index is 0.0785. The predicted molar refractivity (Wildman–Crippen MR) is 140 cm³/mol. The van der Waals surface area contributed by atoms with Crippen LogP contribution in [0.5, 0.6) is 0 Å². The molecular weight excluding hydrogens is 496 g/mol. The lowest BCUT2D eigenvalue weighted by atomic mass is 9.96. The van der Waals surface area contributed by atoms with E-state index in [0.29, 0.717) is 26.1 Å². The Hall–Kier alpha value is -3.29. The predicted octanol–water partition coefficient (Wildman–Crippen LogP) is 0.493. The molecule has 4 rings (SSSR count). The van der Waals surface area contributed by atoms with Gasteiger partial charge in [0.25, 0.3) is 0 Å². The molecule has 12 heteroatoms. The molecule has 2 unspecified atom stereocenters. The van der Waals surface area contributed by atoms with Crippen LogP contribution in [0.3, 0.4) is 0 Å². The second kappa shape index (κ2) is 12.3. The summed E-state index contributed by atoms with van der Waals surface area (Å²) in [5, 5.41) is 21.9. The summed E-state index contributed by atoms with van der Waals surface area (Å²) in [5.74, 6) is -0.805. The Morgan fingerprint density at radius 3 is 2.78 bits per heavy atom. The van der Waals surface area contributed by atoms with Gasteiger partial charge >= 0.3 is 5.97 Å². The van der Waals surface area contributed by atoms with Crippen LogP contribution >= 0.6 is 0 Å². The molecule has 0 bridgehead atoms. The molecule has 0 aromatic heterocycles. The van der Waals surface area contributed by atoms with Gasteiger partial charge < -0.3 is 15.8 Å². The highest BCUT2D eigenvalue weighted by atomic mass is 32.2. The summed E-state index contributed by atoms with van der Waals surface area (Å²) in [5.41, 5.74) is 9.83. The van der Waals surface area contributed by atoms with Crippen molar-refractivity contribution in [2.75, 3.05) is 32.7 Å². The van der Waals surface area contributed by atoms with Crippen LogP contribution in [0.25, 0.3) is 5.57 Å². The molecule has 1 fully saturated rings.